The highest BCUT2D eigenvalue weighted by Gasteiger charge is 2.24. The molecule has 3 heterocycles. The van der Waals surface area contributed by atoms with Gasteiger partial charge in [0.05, 0.1) is 23.2 Å². The van der Waals surface area contributed by atoms with Gasteiger partial charge in [-0.2, -0.15) is 0 Å². The molecule has 28 heavy (non-hydrogen) atoms. The van der Waals surface area contributed by atoms with Crippen LogP contribution in [0.2, 0.25) is 0 Å². The summed E-state index contributed by atoms with van der Waals surface area (Å²) in [6, 6.07) is 11.9. The van der Waals surface area contributed by atoms with E-state index < -0.39 is 5.97 Å². The number of carbonyl (C=O) groups is 2. The van der Waals surface area contributed by atoms with Crippen molar-refractivity contribution in [3.63, 3.8) is 0 Å². The minimum Gasteiger partial charge on any atom is -0.465 e. The van der Waals surface area contributed by atoms with Gasteiger partial charge in [-0.1, -0.05) is 12.1 Å². The molecule has 0 aliphatic carbocycles. The molecule has 0 spiro atoms. The van der Waals surface area contributed by atoms with Gasteiger partial charge in [0.25, 0.3) is 0 Å². The van der Waals surface area contributed by atoms with Gasteiger partial charge in [-0.05, 0) is 31.2 Å². The molecule has 1 saturated heterocycles. The average Bonchev–Trinajstić information content (AvgIpc) is 3.22. The molecule has 1 fully saturated rings. The number of ether oxygens (including phenoxy) is 1. The number of anilines is 1. The van der Waals surface area contributed by atoms with E-state index in [2.05, 4.69) is 26.8 Å². The Balaban J connectivity index is 1.46. The number of aromatic nitrogens is 2. The molecule has 8 heteroatoms. The molecule has 2 aromatic heterocycles. The minimum atomic E-state index is -0.425. The maximum Gasteiger partial charge on any atom is 0.325 e. The number of esters is 1. The quantitative estimate of drug-likeness (QED) is 0.698. The van der Waals surface area contributed by atoms with E-state index in [-0.39, 0.29) is 12.6 Å². The number of hydrogen-bond donors (Lipinski definition) is 1. The Bertz CT molecular complexity index is 1010. The number of amides is 2. The Morgan fingerprint density at radius 2 is 1.82 bits per heavy atom. The predicted octanol–water partition coefficient (Wildman–Crippen LogP) is 1.88. The molecule has 1 aliphatic heterocycles. The van der Waals surface area contributed by atoms with E-state index in [0.717, 1.165) is 22.4 Å². The van der Waals surface area contributed by atoms with Gasteiger partial charge in [-0.25, -0.2) is 9.78 Å². The second-order valence-corrected chi connectivity index (χ2v) is 6.63. The number of fused-ring (bicyclic) bond motifs is 3. The van der Waals surface area contributed by atoms with E-state index >= 15 is 0 Å². The maximum atomic E-state index is 12.3. The Morgan fingerprint density at radius 1 is 1.07 bits per heavy atom. The Kier molecular flexibility index (Phi) is 5.01. The molecule has 2 amide bonds. The molecule has 0 bridgehead atoms. The van der Waals surface area contributed by atoms with Crippen molar-refractivity contribution in [1.29, 1.82) is 0 Å². The third kappa shape index (κ3) is 3.45. The Morgan fingerprint density at radius 3 is 2.61 bits per heavy atom. The highest BCUT2D eigenvalue weighted by atomic mass is 16.5. The second kappa shape index (κ2) is 7.75. The largest absolute Gasteiger partial charge is 0.465 e. The Hall–Kier alpha value is -3.29. The van der Waals surface area contributed by atoms with Crippen LogP contribution in [0.3, 0.4) is 0 Å². The van der Waals surface area contributed by atoms with Crippen LogP contribution in [-0.4, -0.2) is 65.6 Å². The number of nitrogens with one attached hydrogen (secondary N) is 1. The molecule has 1 aliphatic rings. The number of nitrogens with zero attached hydrogens (tertiary/aromatic N) is 4. The van der Waals surface area contributed by atoms with E-state index in [1.807, 2.05) is 30.5 Å². The van der Waals surface area contributed by atoms with Crippen molar-refractivity contribution in [1.82, 2.24) is 19.6 Å². The minimum absolute atomic E-state index is 0.107. The fraction of sp³-hybridized carbons (Fsp3) is 0.350. The zero-order chi connectivity index (χ0) is 19.5. The highest BCUT2D eigenvalue weighted by molar-refractivity contribution is 5.85. The fourth-order valence-corrected chi connectivity index (χ4v) is 3.53. The summed E-state index contributed by atoms with van der Waals surface area (Å²) in [5.74, 6) is 0.501. The summed E-state index contributed by atoms with van der Waals surface area (Å²) in [5.41, 5.74) is 3.07. The number of hydrogen-bond acceptors (Lipinski definition) is 5. The van der Waals surface area contributed by atoms with E-state index in [0.29, 0.717) is 32.8 Å². The van der Waals surface area contributed by atoms with E-state index in [1.54, 1.807) is 11.8 Å². The van der Waals surface area contributed by atoms with Gasteiger partial charge in [-0.15, -0.1) is 0 Å². The summed E-state index contributed by atoms with van der Waals surface area (Å²) in [6.45, 7) is 4.43. The molecule has 4 rings (SSSR count). The molecule has 1 N–H and O–H groups in total. The van der Waals surface area contributed by atoms with Crippen molar-refractivity contribution in [2.75, 3.05) is 44.2 Å². The third-order valence-electron chi connectivity index (χ3n) is 4.90. The van der Waals surface area contributed by atoms with Gasteiger partial charge in [0.1, 0.15) is 6.54 Å². The smallest absolute Gasteiger partial charge is 0.325 e. The van der Waals surface area contributed by atoms with Crippen LogP contribution in [0.5, 0.6) is 0 Å². The van der Waals surface area contributed by atoms with Crippen LogP contribution in [-0.2, 0) is 9.53 Å². The lowest BCUT2D eigenvalue weighted by Gasteiger charge is -2.35. The molecule has 1 aromatic carbocycles. The van der Waals surface area contributed by atoms with Crippen LogP contribution < -0.4 is 10.2 Å². The molecule has 3 aromatic rings. The molecular formula is C20H23N5O3. The van der Waals surface area contributed by atoms with Crippen molar-refractivity contribution in [3.8, 4) is 0 Å². The molecular weight excluding hydrogens is 358 g/mol. The molecule has 0 radical (unpaired) electrons. The lowest BCUT2D eigenvalue weighted by Crippen LogP contribution is -2.52. The summed E-state index contributed by atoms with van der Waals surface area (Å²) < 4.78 is 6.98. The summed E-state index contributed by atoms with van der Waals surface area (Å²) in [7, 11) is 0. The first-order valence-electron chi connectivity index (χ1n) is 9.46. The van der Waals surface area contributed by atoms with Crippen LogP contribution in [0.1, 0.15) is 6.92 Å². The van der Waals surface area contributed by atoms with Crippen LogP contribution in [0, 0.1) is 0 Å². The van der Waals surface area contributed by atoms with Gasteiger partial charge >= 0.3 is 12.0 Å². The van der Waals surface area contributed by atoms with E-state index in [1.165, 1.54) is 0 Å². The summed E-state index contributed by atoms with van der Waals surface area (Å²) in [4.78, 5) is 32.5. The van der Waals surface area contributed by atoms with Gasteiger partial charge in [0.2, 0.25) is 0 Å². The summed E-state index contributed by atoms with van der Waals surface area (Å²) in [5, 5.41) is 2.62. The first-order valence-corrected chi connectivity index (χ1v) is 9.46. The lowest BCUT2D eigenvalue weighted by molar-refractivity contribution is -0.141. The maximum absolute atomic E-state index is 12.3. The van der Waals surface area contributed by atoms with Crippen molar-refractivity contribution >= 4 is 34.4 Å². The average molecular weight is 381 g/mol. The van der Waals surface area contributed by atoms with Crippen LogP contribution in [0.15, 0.2) is 42.6 Å². The second-order valence-electron chi connectivity index (χ2n) is 6.63. The number of benzene rings is 1. The Labute approximate surface area is 162 Å². The number of carbonyl (C=O) groups excluding carboxylic acids is 2. The SMILES string of the molecule is CCOC(=O)CNC(=O)N1CCN(c2nc3ccccc3n3cccc23)CC1. The summed E-state index contributed by atoms with van der Waals surface area (Å²) >= 11 is 0. The first-order chi connectivity index (χ1) is 13.7. The normalized spacial score (nSPS) is 14.5. The number of piperazine rings is 1. The van der Waals surface area contributed by atoms with Crippen LogP contribution in [0.25, 0.3) is 16.6 Å². The van der Waals surface area contributed by atoms with E-state index in [9.17, 15) is 9.59 Å². The highest BCUT2D eigenvalue weighted by Crippen LogP contribution is 2.26. The topological polar surface area (TPSA) is 79.2 Å². The lowest BCUT2D eigenvalue weighted by atomic mass is 10.2. The van der Waals surface area contributed by atoms with Gasteiger partial charge in [0, 0.05) is 32.4 Å². The molecule has 146 valence electrons. The van der Waals surface area contributed by atoms with Crippen molar-refractivity contribution < 1.29 is 14.3 Å². The molecule has 0 unspecified atom stereocenters. The van der Waals surface area contributed by atoms with Gasteiger partial charge in [-0.3, -0.25) is 4.79 Å². The zero-order valence-corrected chi connectivity index (χ0v) is 15.8. The van der Waals surface area contributed by atoms with Gasteiger partial charge in [0.15, 0.2) is 5.82 Å². The standard InChI is InChI=1S/C20H23N5O3/c1-2-28-18(26)14-21-20(27)24-12-10-23(11-13-24)19-17-8-5-9-25(17)16-7-4-3-6-15(16)22-19/h3-9H,2,10-14H2,1H3,(H,21,27). The predicted molar refractivity (Wildman–Crippen MR) is 107 cm³/mol. The summed E-state index contributed by atoms with van der Waals surface area (Å²) in [6.07, 6.45) is 2.04. The van der Waals surface area contributed by atoms with Crippen LogP contribution in [0.4, 0.5) is 10.6 Å². The molecule has 8 nitrogen and oxygen atoms in total. The molecule has 0 saturated carbocycles. The van der Waals surface area contributed by atoms with Crippen LogP contribution >= 0.6 is 0 Å². The number of para-hydroxylation sites is 2. The van der Waals surface area contributed by atoms with Crippen molar-refractivity contribution in [2.45, 2.75) is 6.92 Å². The third-order valence-corrected chi connectivity index (χ3v) is 4.90. The number of urea groups is 1. The first kappa shape index (κ1) is 18.1. The van der Waals surface area contributed by atoms with Crippen molar-refractivity contribution in [3.05, 3.63) is 42.6 Å². The number of rotatable bonds is 4. The zero-order valence-electron chi connectivity index (χ0n) is 15.8. The van der Waals surface area contributed by atoms with Gasteiger partial charge < -0.3 is 24.3 Å². The monoisotopic (exact) mass is 381 g/mol. The van der Waals surface area contributed by atoms with E-state index in [4.69, 9.17) is 9.72 Å². The fourth-order valence-electron chi connectivity index (χ4n) is 3.53. The molecule has 0 atom stereocenters. The van der Waals surface area contributed by atoms with Crippen molar-refractivity contribution in [2.24, 2.45) is 0 Å².